The number of nitrogens with zero attached hydrogens (tertiary/aromatic N) is 3. The third-order valence-corrected chi connectivity index (χ3v) is 8.36. The first kappa shape index (κ1) is 19.9. The number of aromatic nitrogens is 3. The van der Waals surface area contributed by atoms with Crippen LogP contribution >= 0.6 is 0 Å². The van der Waals surface area contributed by atoms with Crippen molar-refractivity contribution in [1.82, 2.24) is 15.0 Å². The first-order valence-corrected chi connectivity index (χ1v) is 15.5. The maximum atomic E-state index is 8.61. The zero-order valence-electron chi connectivity index (χ0n) is 35.7. The SMILES string of the molecule is [2H]c1c([2H])c([2H])c(-c2nc(-c3ccc4c(c3)oc3cccc(-c5ccc(-c6ccc(-c7ccccc7)cc6)cc5)c34)nc(-c3c([2H])c([2H])c([2H])c([2H])c3[2H])n2)c([2H])c1[2H]. The highest BCUT2D eigenvalue weighted by Gasteiger charge is 2.16. The van der Waals surface area contributed by atoms with E-state index in [1.165, 1.54) is 0 Å². The van der Waals surface area contributed by atoms with Crippen molar-refractivity contribution in [2.24, 2.45) is 0 Å². The summed E-state index contributed by atoms with van der Waals surface area (Å²) >= 11 is 0. The van der Waals surface area contributed by atoms with Gasteiger partial charge < -0.3 is 4.42 Å². The molecule has 9 rings (SSSR count). The Morgan fingerprint density at radius 3 is 1.45 bits per heavy atom. The molecule has 0 aliphatic heterocycles. The van der Waals surface area contributed by atoms with Gasteiger partial charge in [0.05, 0.1) is 13.7 Å². The first-order chi connectivity index (χ1) is 28.4. The highest BCUT2D eigenvalue weighted by atomic mass is 16.3. The maximum absolute atomic E-state index is 8.61. The fourth-order valence-electron chi connectivity index (χ4n) is 5.99. The molecule has 0 spiro atoms. The van der Waals surface area contributed by atoms with Gasteiger partial charge in [-0.3, -0.25) is 0 Å². The second kappa shape index (κ2) is 12.2. The number of furan rings is 1. The van der Waals surface area contributed by atoms with Gasteiger partial charge >= 0.3 is 0 Å². The lowest BCUT2D eigenvalue weighted by atomic mass is 9.96. The van der Waals surface area contributed by atoms with Crippen molar-refractivity contribution < 1.29 is 18.1 Å². The van der Waals surface area contributed by atoms with Crippen LogP contribution < -0.4 is 0 Å². The van der Waals surface area contributed by atoms with E-state index in [0.29, 0.717) is 16.7 Å². The van der Waals surface area contributed by atoms with Gasteiger partial charge in [-0.05, 0) is 51.6 Å². The van der Waals surface area contributed by atoms with Crippen LogP contribution in [-0.2, 0) is 0 Å². The molecule has 0 saturated heterocycles. The fourth-order valence-corrected chi connectivity index (χ4v) is 5.99. The molecule has 4 nitrogen and oxygen atoms in total. The molecule has 230 valence electrons. The highest BCUT2D eigenvalue weighted by Crippen LogP contribution is 2.39. The van der Waals surface area contributed by atoms with Gasteiger partial charge in [0.25, 0.3) is 0 Å². The lowest BCUT2D eigenvalue weighted by molar-refractivity contribution is 0.669. The molecule has 4 heteroatoms. The molecule has 0 radical (unpaired) electrons. The summed E-state index contributed by atoms with van der Waals surface area (Å²) in [5.41, 5.74) is 7.23. The van der Waals surface area contributed by atoms with E-state index in [9.17, 15) is 0 Å². The number of rotatable bonds is 6. The van der Waals surface area contributed by atoms with Crippen LogP contribution in [0.2, 0.25) is 0 Å². The van der Waals surface area contributed by atoms with Gasteiger partial charge in [0.2, 0.25) is 0 Å². The largest absolute Gasteiger partial charge is 0.456 e. The summed E-state index contributed by atoms with van der Waals surface area (Å²) in [5.74, 6) is -0.716. The van der Waals surface area contributed by atoms with Gasteiger partial charge in [0, 0.05) is 27.5 Å². The summed E-state index contributed by atoms with van der Waals surface area (Å²) in [6.45, 7) is 0. The van der Waals surface area contributed by atoms with E-state index in [1.54, 1.807) is 12.1 Å². The van der Waals surface area contributed by atoms with E-state index in [-0.39, 0.29) is 28.6 Å². The van der Waals surface area contributed by atoms with Crippen LogP contribution in [0.5, 0.6) is 0 Å². The Labute approximate surface area is 298 Å². The van der Waals surface area contributed by atoms with Crippen LogP contribution in [-0.4, -0.2) is 15.0 Å². The Morgan fingerprint density at radius 2 is 0.878 bits per heavy atom. The van der Waals surface area contributed by atoms with Crippen LogP contribution in [0.1, 0.15) is 13.7 Å². The zero-order chi connectivity index (χ0) is 41.3. The second-order valence-corrected chi connectivity index (χ2v) is 11.3. The Morgan fingerprint density at radius 1 is 0.388 bits per heavy atom. The Balaban J connectivity index is 1.15. The molecule has 49 heavy (non-hydrogen) atoms. The van der Waals surface area contributed by atoms with Gasteiger partial charge in [-0.15, -0.1) is 0 Å². The van der Waals surface area contributed by atoms with Crippen molar-refractivity contribution >= 4 is 21.9 Å². The van der Waals surface area contributed by atoms with Crippen LogP contribution in [0, 0.1) is 0 Å². The van der Waals surface area contributed by atoms with E-state index >= 15 is 0 Å². The van der Waals surface area contributed by atoms with Crippen molar-refractivity contribution in [1.29, 1.82) is 0 Å². The molecule has 0 N–H and O–H groups in total. The minimum Gasteiger partial charge on any atom is -0.456 e. The van der Waals surface area contributed by atoms with Gasteiger partial charge in [0.1, 0.15) is 11.2 Å². The van der Waals surface area contributed by atoms with Gasteiger partial charge in [-0.25, -0.2) is 15.0 Å². The summed E-state index contributed by atoms with van der Waals surface area (Å²) in [6, 6.07) is 32.2. The monoisotopic (exact) mass is 637 g/mol. The van der Waals surface area contributed by atoms with Crippen LogP contribution in [0.4, 0.5) is 0 Å². The lowest BCUT2D eigenvalue weighted by Gasteiger charge is -2.09. The summed E-state index contributed by atoms with van der Waals surface area (Å²) < 4.78 is 90.0. The van der Waals surface area contributed by atoms with Crippen molar-refractivity contribution in [2.45, 2.75) is 0 Å². The highest BCUT2D eigenvalue weighted by molar-refractivity contribution is 6.13. The van der Waals surface area contributed by atoms with E-state index in [4.69, 9.17) is 18.1 Å². The Hall–Kier alpha value is -6.65. The van der Waals surface area contributed by atoms with Gasteiger partial charge in [0.15, 0.2) is 17.5 Å². The average Bonchev–Trinajstić information content (AvgIpc) is 3.65. The maximum Gasteiger partial charge on any atom is 0.164 e. The predicted octanol–water partition coefficient (Wildman–Crippen LogP) is 11.8. The third kappa shape index (κ3) is 5.45. The van der Waals surface area contributed by atoms with E-state index in [1.807, 2.05) is 42.5 Å². The van der Waals surface area contributed by atoms with E-state index in [0.717, 1.165) is 44.2 Å². The minimum absolute atomic E-state index is 0.0430. The average molecular weight is 638 g/mol. The molecule has 0 bridgehead atoms. The standard InChI is InChI=1S/C45H29N3O/c1-4-11-30(12-5-1)31-19-21-32(22-20-31)33-23-25-34(26-24-33)38-17-10-18-40-42(38)39-28-27-37(29-41(39)49-40)45-47-43(35-13-6-2-7-14-35)46-44(48-45)36-15-8-3-9-16-36/h1-29H/i2D,3D,6D,7D,8D,9D,13D,14D,15D,16D. The smallest absolute Gasteiger partial charge is 0.164 e. The number of benzene rings is 7. The van der Waals surface area contributed by atoms with Crippen LogP contribution in [0.3, 0.4) is 0 Å². The molecule has 0 aliphatic carbocycles. The van der Waals surface area contributed by atoms with Gasteiger partial charge in [-0.2, -0.15) is 0 Å². The molecule has 0 fully saturated rings. The zero-order valence-corrected chi connectivity index (χ0v) is 25.7. The quantitative estimate of drug-likeness (QED) is 0.182. The summed E-state index contributed by atoms with van der Waals surface area (Å²) in [7, 11) is 0. The molecule has 2 aromatic heterocycles. The van der Waals surface area contributed by atoms with E-state index in [2.05, 4.69) is 75.6 Å². The first-order valence-electron chi connectivity index (χ1n) is 20.5. The number of hydrogen-bond donors (Lipinski definition) is 0. The number of hydrogen-bond acceptors (Lipinski definition) is 4. The van der Waals surface area contributed by atoms with Crippen LogP contribution in [0.15, 0.2) is 180 Å². The normalized spacial score (nSPS) is 14.1. The molecule has 2 heterocycles. The molecule has 7 aromatic carbocycles. The molecule has 0 aliphatic rings. The molecule has 0 saturated carbocycles. The molecular formula is C45H29N3O. The second-order valence-electron chi connectivity index (χ2n) is 11.3. The molecule has 9 aromatic rings. The summed E-state index contributed by atoms with van der Waals surface area (Å²) in [5, 5.41) is 1.68. The van der Waals surface area contributed by atoms with E-state index < -0.39 is 60.4 Å². The van der Waals surface area contributed by atoms with Crippen LogP contribution in [0.25, 0.3) is 89.5 Å². The van der Waals surface area contributed by atoms with Crippen molar-refractivity contribution in [2.75, 3.05) is 0 Å². The fraction of sp³-hybridized carbons (Fsp3) is 0. The van der Waals surface area contributed by atoms with Gasteiger partial charge in [-0.1, -0.05) is 157 Å². The molecule has 0 atom stereocenters. The molecular weight excluding hydrogens is 599 g/mol. The molecule has 0 unspecified atom stereocenters. The number of fused-ring (bicyclic) bond motifs is 3. The molecule has 0 amide bonds. The van der Waals surface area contributed by atoms with Crippen molar-refractivity contribution in [3.63, 3.8) is 0 Å². The minimum atomic E-state index is -0.612. The Bertz CT molecular complexity index is 3010. The lowest BCUT2D eigenvalue weighted by Crippen LogP contribution is -2.00. The van der Waals surface area contributed by atoms with Crippen molar-refractivity contribution in [3.05, 3.63) is 176 Å². The summed E-state index contributed by atoms with van der Waals surface area (Å²) in [6.07, 6.45) is 0. The third-order valence-electron chi connectivity index (χ3n) is 8.36. The van der Waals surface area contributed by atoms with Crippen molar-refractivity contribution in [3.8, 4) is 67.5 Å². The Kier molecular flexibility index (Phi) is 4.94. The predicted molar refractivity (Wildman–Crippen MR) is 200 cm³/mol. The summed E-state index contributed by atoms with van der Waals surface area (Å²) in [4.78, 5) is 13.5. The topological polar surface area (TPSA) is 51.8 Å².